The van der Waals surface area contributed by atoms with Gasteiger partial charge in [-0.2, -0.15) is 0 Å². The van der Waals surface area contributed by atoms with Gasteiger partial charge in [0.05, 0.1) is 0 Å². The number of hydrogen-bond acceptors (Lipinski definition) is 1. The Labute approximate surface area is 47.6 Å². The zero-order valence-electron chi connectivity index (χ0n) is 5.65. The summed E-state index contributed by atoms with van der Waals surface area (Å²) in [4.78, 5) is 0. The SMILES string of the molecule is CC(C)NC(C)C.[HH]. The van der Waals surface area contributed by atoms with E-state index in [0.29, 0.717) is 12.1 Å². The molecule has 0 saturated carbocycles. The molecule has 1 heteroatoms. The molecule has 0 aliphatic heterocycles. The lowest BCUT2D eigenvalue weighted by Crippen LogP contribution is -2.29. The van der Waals surface area contributed by atoms with Crippen molar-refractivity contribution in [3.8, 4) is 0 Å². The van der Waals surface area contributed by atoms with Gasteiger partial charge in [-0.25, -0.2) is 0 Å². The van der Waals surface area contributed by atoms with Crippen LogP contribution in [0.2, 0.25) is 0 Å². The largest absolute Gasteiger partial charge is 0.312 e. The van der Waals surface area contributed by atoms with Crippen LogP contribution >= 0.6 is 0 Å². The fourth-order valence-corrected chi connectivity index (χ4v) is 0.667. The zero-order chi connectivity index (χ0) is 5.86. The highest BCUT2D eigenvalue weighted by Crippen LogP contribution is 1.80. The standard InChI is InChI=1S/C6H15N.H2/c1-5(2)7-6(3)4;/h5-7H,1-4H3;1H. The molecule has 0 aliphatic rings. The van der Waals surface area contributed by atoms with Gasteiger partial charge in [0, 0.05) is 13.5 Å². The first-order valence-corrected chi connectivity index (χ1v) is 2.89. The molecule has 0 amide bonds. The minimum Gasteiger partial charge on any atom is -0.312 e. The summed E-state index contributed by atoms with van der Waals surface area (Å²) in [5.41, 5.74) is 0. The minimum absolute atomic E-state index is 0. The van der Waals surface area contributed by atoms with Gasteiger partial charge in [0.25, 0.3) is 0 Å². The van der Waals surface area contributed by atoms with E-state index in [4.69, 9.17) is 0 Å². The highest BCUT2D eigenvalue weighted by Gasteiger charge is 1.92. The van der Waals surface area contributed by atoms with Crippen molar-refractivity contribution >= 4 is 0 Å². The third-order valence-corrected chi connectivity index (χ3v) is 0.667. The summed E-state index contributed by atoms with van der Waals surface area (Å²) in [5.74, 6) is 0. The van der Waals surface area contributed by atoms with E-state index in [2.05, 4.69) is 33.0 Å². The summed E-state index contributed by atoms with van der Waals surface area (Å²) < 4.78 is 0. The molecule has 0 unspecified atom stereocenters. The van der Waals surface area contributed by atoms with E-state index in [0.717, 1.165) is 0 Å². The highest BCUT2D eigenvalue weighted by molar-refractivity contribution is 4.55. The average molecular weight is 103 g/mol. The van der Waals surface area contributed by atoms with Crippen LogP contribution in [0.15, 0.2) is 0 Å². The monoisotopic (exact) mass is 103 g/mol. The minimum atomic E-state index is 0. The van der Waals surface area contributed by atoms with E-state index in [9.17, 15) is 0 Å². The van der Waals surface area contributed by atoms with Gasteiger partial charge >= 0.3 is 0 Å². The van der Waals surface area contributed by atoms with Crippen LogP contribution in [0, 0.1) is 0 Å². The predicted molar refractivity (Wildman–Crippen MR) is 35.5 cm³/mol. The molecule has 7 heavy (non-hydrogen) atoms. The van der Waals surface area contributed by atoms with Crippen molar-refractivity contribution in [1.82, 2.24) is 5.32 Å². The molecular weight excluding hydrogens is 86.1 g/mol. The molecule has 1 N–H and O–H groups in total. The molecule has 0 radical (unpaired) electrons. The second-order valence-corrected chi connectivity index (χ2v) is 2.48. The van der Waals surface area contributed by atoms with Crippen molar-refractivity contribution in [3.05, 3.63) is 0 Å². The van der Waals surface area contributed by atoms with Crippen molar-refractivity contribution in [3.63, 3.8) is 0 Å². The molecule has 0 rings (SSSR count). The Bertz CT molecular complexity index is 37.8. The van der Waals surface area contributed by atoms with Crippen LogP contribution in [0.1, 0.15) is 29.1 Å². The Morgan fingerprint density at radius 3 is 1.29 bits per heavy atom. The number of nitrogens with one attached hydrogen (secondary N) is 1. The lowest BCUT2D eigenvalue weighted by molar-refractivity contribution is 0.518. The fraction of sp³-hybridized carbons (Fsp3) is 1.00. The second-order valence-electron chi connectivity index (χ2n) is 2.48. The van der Waals surface area contributed by atoms with E-state index in [1.165, 1.54) is 0 Å². The molecule has 0 bridgehead atoms. The van der Waals surface area contributed by atoms with Crippen molar-refractivity contribution < 1.29 is 1.43 Å². The molecule has 0 aromatic carbocycles. The molecule has 0 aromatic heterocycles. The van der Waals surface area contributed by atoms with Crippen LogP contribution in [0.5, 0.6) is 0 Å². The van der Waals surface area contributed by atoms with E-state index < -0.39 is 0 Å². The van der Waals surface area contributed by atoms with Crippen molar-refractivity contribution in [2.24, 2.45) is 0 Å². The summed E-state index contributed by atoms with van der Waals surface area (Å²) in [5, 5.41) is 3.31. The summed E-state index contributed by atoms with van der Waals surface area (Å²) in [6.45, 7) is 8.61. The predicted octanol–water partition coefficient (Wildman–Crippen LogP) is 1.64. The Morgan fingerprint density at radius 2 is 1.29 bits per heavy atom. The quantitative estimate of drug-likeness (QED) is 0.560. The van der Waals surface area contributed by atoms with Gasteiger partial charge in [-0.15, -0.1) is 0 Å². The molecule has 0 aliphatic carbocycles. The third-order valence-electron chi connectivity index (χ3n) is 0.667. The molecule has 0 atom stereocenters. The van der Waals surface area contributed by atoms with Crippen LogP contribution in [-0.2, 0) is 0 Å². The lowest BCUT2D eigenvalue weighted by atomic mass is 10.3. The Hall–Kier alpha value is -0.0400. The van der Waals surface area contributed by atoms with E-state index >= 15 is 0 Å². The van der Waals surface area contributed by atoms with Crippen molar-refractivity contribution in [1.29, 1.82) is 0 Å². The van der Waals surface area contributed by atoms with E-state index in [1.54, 1.807) is 0 Å². The zero-order valence-corrected chi connectivity index (χ0v) is 5.65. The Balaban J connectivity index is 0. The van der Waals surface area contributed by atoms with Gasteiger partial charge in [-0.05, 0) is 0 Å². The highest BCUT2D eigenvalue weighted by atomic mass is 14.9. The molecule has 1 nitrogen and oxygen atoms in total. The van der Waals surface area contributed by atoms with Gasteiger partial charge in [-0.1, -0.05) is 27.7 Å². The number of hydrogen-bond donors (Lipinski definition) is 1. The summed E-state index contributed by atoms with van der Waals surface area (Å²) in [6.07, 6.45) is 0. The topological polar surface area (TPSA) is 12.0 Å². The third kappa shape index (κ3) is 5.96. The Kier molecular flexibility index (Phi) is 3.01. The first kappa shape index (κ1) is 6.96. The molecule has 0 saturated heterocycles. The smallest absolute Gasteiger partial charge is 0.00127 e. The molecule has 0 spiro atoms. The van der Waals surface area contributed by atoms with Crippen molar-refractivity contribution in [2.75, 3.05) is 0 Å². The lowest BCUT2D eigenvalue weighted by Gasteiger charge is -2.10. The summed E-state index contributed by atoms with van der Waals surface area (Å²) in [6, 6.07) is 1.25. The average Bonchev–Trinajstić information content (AvgIpc) is 1.27. The first-order chi connectivity index (χ1) is 3.13. The molecule has 0 aromatic rings. The summed E-state index contributed by atoms with van der Waals surface area (Å²) >= 11 is 0. The normalized spacial score (nSPS) is 11.1. The van der Waals surface area contributed by atoms with Gasteiger partial charge < -0.3 is 5.32 Å². The molecule has 0 heterocycles. The molecular formula is C6H17N. The van der Waals surface area contributed by atoms with Crippen LogP contribution in [0.3, 0.4) is 0 Å². The maximum Gasteiger partial charge on any atom is 0.00127 e. The van der Waals surface area contributed by atoms with Crippen LogP contribution in [0.25, 0.3) is 0 Å². The van der Waals surface area contributed by atoms with Gasteiger partial charge in [0.15, 0.2) is 0 Å². The molecule has 0 fully saturated rings. The van der Waals surface area contributed by atoms with E-state index in [-0.39, 0.29) is 1.43 Å². The molecule has 46 valence electrons. The van der Waals surface area contributed by atoms with Gasteiger partial charge in [-0.3, -0.25) is 0 Å². The second kappa shape index (κ2) is 3.03. The van der Waals surface area contributed by atoms with Crippen LogP contribution < -0.4 is 5.32 Å². The number of rotatable bonds is 2. The van der Waals surface area contributed by atoms with E-state index in [1.807, 2.05) is 0 Å². The first-order valence-electron chi connectivity index (χ1n) is 2.89. The fourth-order valence-electron chi connectivity index (χ4n) is 0.667. The summed E-state index contributed by atoms with van der Waals surface area (Å²) in [7, 11) is 0. The van der Waals surface area contributed by atoms with Crippen molar-refractivity contribution in [2.45, 2.75) is 39.8 Å². The van der Waals surface area contributed by atoms with Gasteiger partial charge in [0.1, 0.15) is 0 Å². The maximum absolute atomic E-state index is 3.31. The maximum atomic E-state index is 3.31. The van der Waals surface area contributed by atoms with Gasteiger partial charge in [0.2, 0.25) is 0 Å². The Morgan fingerprint density at radius 1 is 1.00 bits per heavy atom. The van der Waals surface area contributed by atoms with Crippen LogP contribution in [0.4, 0.5) is 0 Å². The van der Waals surface area contributed by atoms with Crippen LogP contribution in [-0.4, -0.2) is 12.1 Å².